The second-order valence-corrected chi connectivity index (χ2v) is 5.85. The summed E-state index contributed by atoms with van der Waals surface area (Å²) in [5, 5.41) is 10.8. The van der Waals surface area contributed by atoms with Crippen molar-refractivity contribution in [1.29, 1.82) is 0 Å². The predicted octanol–water partition coefficient (Wildman–Crippen LogP) is 3.02. The summed E-state index contributed by atoms with van der Waals surface area (Å²) in [6, 6.07) is 0. The van der Waals surface area contributed by atoms with Crippen LogP contribution in [-0.2, 0) is 4.79 Å². The molecule has 0 saturated heterocycles. The number of ketones is 1. The van der Waals surface area contributed by atoms with Crippen LogP contribution in [0.2, 0.25) is 0 Å². The fourth-order valence-corrected chi connectivity index (χ4v) is 3.24. The highest BCUT2D eigenvalue weighted by Gasteiger charge is 2.48. The number of hydrogen-bond donors (Lipinski definition) is 1. The van der Waals surface area contributed by atoms with Gasteiger partial charge in [0.05, 0.1) is 5.60 Å². The van der Waals surface area contributed by atoms with Crippen LogP contribution in [0.4, 0.5) is 0 Å². The Balaban J connectivity index is 2.42. The molecule has 3 atom stereocenters. The van der Waals surface area contributed by atoms with E-state index in [1.807, 2.05) is 13.8 Å². The first-order chi connectivity index (χ1) is 7.86. The van der Waals surface area contributed by atoms with Crippen molar-refractivity contribution >= 4 is 5.78 Å². The summed E-state index contributed by atoms with van der Waals surface area (Å²) in [6.45, 7) is 10.0. The van der Waals surface area contributed by atoms with Crippen LogP contribution in [0.1, 0.15) is 46.5 Å². The third-order valence-electron chi connectivity index (χ3n) is 4.73. The zero-order valence-electron chi connectivity index (χ0n) is 11.0. The molecule has 0 aromatic carbocycles. The normalized spacial score (nSPS) is 38.0. The van der Waals surface area contributed by atoms with Gasteiger partial charge >= 0.3 is 0 Å². The number of fused-ring (bicyclic) bond motifs is 1. The fraction of sp³-hybridized carbons (Fsp3) is 0.667. The zero-order valence-corrected chi connectivity index (χ0v) is 11.0. The molecule has 1 fully saturated rings. The highest BCUT2D eigenvalue weighted by molar-refractivity contribution is 6.00. The molecule has 1 N–H and O–H groups in total. The molecular formula is C15H22O2. The van der Waals surface area contributed by atoms with Crippen molar-refractivity contribution in [2.45, 2.75) is 52.1 Å². The van der Waals surface area contributed by atoms with Gasteiger partial charge in [-0.1, -0.05) is 19.1 Å². The second kappa shape index (κ2) is 4.09. The fourth-order valence-electron chi connectivity index (χ4n) is 3.24. The van der Waals surface area contributed by atoms with Crippen LogP contribution in [0.25, 0.3) is 0 Å². The Morgan fingerprint density at radius 2 is 2.12 bits per heavy atom. The molecule has 0 radical (unpaired) electrons. The van der Waals surface area contributed by atoms with Crippen molar-refractivity contribution in [3.63, 3.8) is 0 Å². The van der Waals surface area contributed by atoms with Crippen molar-refractivity contribution in [1.82, 2.24) is 0 Å². The summed E-state index contributed by atoms with van der Waals surface area (Å²) < 4.78 is 0. The minimum Gasteiger partial charge on any atom is -0.385 e. The summed E-state index contributed by atoms with van der Waals surface area (Å²) in [6.07, 6.45) is 3.15. The lowest BCUT2D eigenvalue weighted by Gasteiger charge is -2.30. The average Bonchev–Trinajstić information content (AvgIpc) is 2.39. The number of Topliss-reactive ketones (excluding diaryl/α,β-unsaturated/α-hetero) is 1. The van der Waals surface area contributed by atoms with Crippen LogP contribution < -0.4 is 0 Å². The van der Waals surface area contributed by atoms with E-state index >= 15 is 0 Å². The van der Waals surface area contributed by atoms with Gasteiger partial charge in [-0.15, -0.1) is 0 Å². The molecule has 0 aromatic rings. The molecule has 2 heteroatoms. The van der Waals surface area contributed by atoms with Gasteiger partial charge in [0.2, 0.25) is 0 Å². The number of carbonyl (C=O) groups excluding carboxylic acids is 1. The van der Waals surface area contributed by atoms with Crippen molar-refractivity contribution in [3.8, 4) is 0 Å². The molecule has 0 spiro atoms. The SMILES string of the molecule is C=C(C)[C@@H]1CC[C@H](C)[C@]2(O)CC(=O)C(C)=C2C1. The lowest BCUT2D eigenvalue weighted by Crippen LogP contribution is -2.36. The lowest BCUT2D eigenvalue weighted by molar-refractivity contribution is -0.118. The first kappa shape index (κ1) is 12.6. The summed E-state index contributed by atoms with van der Waals surface area (Å²) in [5.41, 5.74) is 2.08. The molecule has 2 nitrogen and oxygen atoms in total. The van der Waals surface area contributed by atoms with Gasteiger partial charge in [0, 0.05) is 6.42 Å². The van der Waals surface area contributed by atoms with E-state index in [0.717, 1.165) is 30.4 Å². The van der Waals surface area contributed by atoms with Gasteiger partial charge in [-0.3, -0.25) is 4.79 Å². The van der Waals surface area contributed by atoms with E-state index in [1.165, 1.54) is 5.57 Å². The van der Waals surface area contributed by atoms with E-state index in [2.05, 4.69) is 13.5 Å². The van der Waals surface area contributed by atoms with Crippen molar-refractivity contribution in [3.05, 3.63) is 23.3 Å². The third kappa shape index (κ3) is 1.89. The molecule has 1 saturated carbocycles. The Labute approximate surface area is 103 Å². The van der Waals surface area contributed by atoms with E-state index in [0.29, 0.717) is 5.92 Å². The molecule has 0 heterocycles. The number of carbonyl (C=O) groups is 1. The quantitative estimate of drug-likeness (QED) is 0.708. The number of hydrogen-bond acceptors (Lipinski definition) is 2. The maximum atomic E-state index is 11.8. The van der Waals surface area contributed by atoms with Crippen LogP contribution in [-0.4, -0.2) is 16.5 Å². The Hall–Kier alpha value is -0.890. The second-order valence-electron chi connectivity index (χ2n) is 5.85. The third-order valence-corrected chi connectivity index (χ3v) is 4.73. The largest absolute Gasteiger partial charge is 0.385 e. The van der Waals surface area contributed by atoms with Crippen molar-refractivity contribution < 1.29 is 9.90 Å². The first-order valence-corrected chi connectivity index (χ1v) is 6.47. The molecule has 0 unspecified atom stereocenters. The topological polar surface area (TPSA) is 37.3 Å². The van der Waals surface area contributed by atoms with Gasteiger partial charge in [0.15, 0.2) is 5.78 Å². The minimum atomic E-state index is -0.870. The maximum absolute atomic E-state index is 11.8. The Bertz CT molecular complexity index is 405. The molecule has 0 aliphatic heterocycles. The molecule has 0 aromatic heterocycles. The predicted molar refractivity (Wildman–Crippen MR) is 68.6 cm³/mol. The van der Waals surface area contributed by atoms with Crippen molar-refractivity contribution in [2.24, 2.45) is 11.8 Å². The van der Waals surface area contributed by atoms with Crippen LogP contribution in [0.3, 0.4) is 0 Å². The van der Waals surface area contributed by atoms with E-state index in [9.17, 15) is 9.90 Å². The number of allylic oxidation sites excluding steroid dienone is 2. The Morgan fingerprint density at radius 1 is 1.47 bits per heavy atom. The Kier molecular flexibility index (Phi) is 3.03. The number of rotatable bonds is 1. The molecule has 2 rings (SSSR count). The standard InChI is InChI=1S/C15H22O2/c1-9(2)12-6-5-10(3)15(17)8-14(16)11(4)13(15)7-12/h10,12,17H,1,5-8H2,2-4H3/t10-,12+,15+/m0/s1. The molecule has 0 amide bonds. The van der Waals surface area contributed by atoms with Gasteiger partial charge in [-0.2, -0.15) is 0 Å². The zero-order chi connectivity index (χ0) is 12.8. The first-order valence-electron chi connectivity index (χ1n) is 6.47. The molecule has 94 valence electrons. The van der Waals surface area contributed by atoms with Gasteiger partial charge in [0.1, 0.15) is 0 Å². The average molecular weight is 234 g/mol. The van der Waals surface area contributed by atoms with Crippen LogP contribution in [0, 0.1) is 11.8 Å². The summed E-state index contributed by atoms with van der Waals surface area (Å²) >= 11 is 0. The van der Waals surface area contributed by atoms with Gasteiger partial charge in [-0.05, 0) is 56.1 Å². The highest BCUT2D eigenvalue weighted by Crippen LogP contribution is 2.47. The van der Waals surface area contributed by atoms with Crippen LogP contribution in [0.5, 0.6) is 0 Å². The van der Waals surface area contributed by atoms with E-state index in [-0.39, 0.29) is 18.1 Å². The van der Waals surface area contributed by atoms with E-state index in [4.69, 9.17) is 0 Å². The van der Waals surface area contributed by atoms with Crippen molar-refractivity contribution in [2.75, 3.05) is 0 Å². The van der Waals surface area contributed by atoms with E-state index in [1.54, 1.807) is 0 Å². The van der Waals surface area contributed by atoms with Gasteiger partial charge in [-0.25, -0.2) is 0 Å². The molecule has 2 aliphatic carbocycles. The summed E-state index contributed by atoms with van der Waals surface area (Å²) in [5.74, 6) is 0.710. The van der Waals surface area contributed by atoms with E-state index < -0.39 is 5.60 Å². The smallest absolute Gasteiger partial charge is 0.161 e. The lowest BCUT2D eigenvalue weighted by atomic mass is 9.81. The summed E-state index contributed by atoms with van der Waals surface area (Å²) in [7, 11) is 0. The van der Waals surface area contributed by atoms with Crippen LogP contribution in [0.15, 0.2) is 23.3 Å². The molecular weight excluding hydrogens is 212 g/mol. The highest BCUT2D eigenvalue weighted by atomic mass is 16.3. The molecule has 0 bridgehead atoms. The molecule has 17 heavy (non-hydrogen) atoms. The van der Waals surface area contributed by atoms with Gasteiger partial charge < -0.3 is 5.11 Å². The number of aliphatic hydroxyl groups is 1. The van der Waals surface area contributed by atoms with Gasteiger partial charge in [0.25, 0.3) is 0 Å². The maximum Gasteiger partial charge on any atom is 0.161 e. The molecule has 2 aliphatic rings. The summed E-state index contributed by atoms with van der Waals surface area (Å²) in [4.78, 5) is 11.8. The Morgan fingerprint density at radius 3 is 2.71 bits per heavy atom. The van der Waals surface area contributed by atoms with Crippen LogP contribution >= 0.6 is 0 Å². The monoisotopic (exact) mass is 234 g/mol. The minimum absolute atomic E-state index is 0.122.